The molecule has 0 unspecified atom stereocenters. The van der Waals surface area contributed by atoms with E-state index in [0.717, 1.165) is 0 Å². The van der Waals surface area contributed by atoms with Crippen LogP contribution in [0.1, 0.15) is 10.4 Å². The molecule has 2 amide bonds. The molecule has 0 saturated carbocycles. The van der Waals surface area contributed by atoms with E-state index in [-0.39, 0.29) is 6.61 Å². The Kier molecular flexibility index (Phi) is 5.11. The van der Waals surface area contributed by atoms with Crippen molar-refractivity contribution in [2.24, 2.45) is 0 Å². The molecule has 2 aromatic rings. The summed E-state index contributed by atoms with van der Waals surface area (Å²) in [5.41, 5.74) is 4.83. The molecule has 0 bridgehead atoms. The molecule has 0 saturated heterocycles. The van der Waals surface area contributed by atoms with E-state index in [1.54, 1.807) is 42.6 Å². The number of amides is 2. The van der Waals surface area contributed by atoms with Gasteiger partial charge in [-0.05, 0) is 24.3 Å². The number of pyridine rings is 1. The van der Waals surface area contributed by atoms with Gasteiger partial charge >= 0.3 is 0 Å². The van der Waals surface area contributed by atoms with Gasteiger partial charge in [0.25, 0.3) is 11.8 Å². The van der Waals surface area contributed by atoms with E-state index in [0.29, 0.717) is 16.3 Å². The molecule has 21 heavy (non-hydrogen) atoms. The van der Waals surface area contributed by atoms with Crippen LogP contribution in [0.3, 0.4) is 0 Å². The van der Waals surface area contributed by atoms with Crippen molar-refractivity contribution in [3.05, 3.63) is 59.4 Å². The quantitative estimate of drug-likeness (QED) is 0.840. The number of carbonyl (C=O) groups is 2. The van der Waals surface area contributed by atoms with Crippen molar-refractivity contribution < 1.29 is 14.3 Å². The van der Waals surface area contributed by atoms with Crippen molar-refractivity contribution in [3.63, 3.8) is 0 Å². The number of hydrogen-bond donors (Lipinski definition) is 2. The van der Waals surface area contributed by atoms with Crippen LogP contribution in [0.4, 0.5) is 0 Å². The molecule has 0 fully saturated rings. The number of rotatable bonds is 4. The second kappa shape index (κ2) is 7.25. The van der Waals surface area contributed by atoms with Gasteiger partial charge in [-0.3, -0.25) is 25.4 Å². The summed E-state index contributed by atoms with van der Waals surface area (Å²) in [5.74, 6) is -0.575. The van der Waals surface area contributed by atoms with E-state index in [1.165, 1.54) is 6.20 Å². The molecule has 2 rings (SSSR count). The van der Waals surface area contributed by atoms with E-state index in [9.17, 15) is 9.59 Å². The molecular formula is C14H12ClN3O3. The van der Waals surface area contributed by atoms with Crippen LogP contribution in [0.25, 0.3) is 0 Å². The Bertz CT molecular complexity index is 634. The second-order valence-electron chi connectivity index (χ2n) is 3.96. The highest BCUT2D eigenvalue weighted by atomic mass is 35.5. The summed E-state index contributed by atoms with van der Waals surface area (Å²) in [5, 5.41) is 0.407. The molecule has 0 aliphatic carbocycles. The first kappa shape index (κ1) is 14.8. The summed E-state index contributed by atoms with van der Waals surface area (Å²) in [6.07, 6.45) is 2.94. The van der Waals surface area contributed by atoms with Gasteiger partial charge in [-0.2, -0.15) is 0 Å². The van der Waals surface area contributed by atoms with Gasteiger partial charge in [-0.25, -0.2) is 0 Å². The van der Waals surface area contributed by atoms with Crippen molar-refractivity contribution in [1.82, 2.24) is 15.8 Å². The number of para-hydroxylation sites is 1. The molecule has 1 aromatic heterocycles. The topological polar surface area (TPSA) is 80.3 Å². The summed E-state index contributed by atoms with van der Waals surface area (Å²) >= 11 is 5.88. The molecule has 0 radical (unpaired) electrons. The molecule has 2 N–H and O–H groups in total. The van der Waals surface area contributed by atoms with Crippen LogP contribution in [0.2, 0.25) is 5.02 Å². The van der Waals surface area contributed by atoms with E-state index >= 15 is 0 Å². The van der Waals surface area contributed by atoms with Gasteiger partial charge in [0.1, 0.15) is 5.75 Å². The normalized spacial score (nSPS) is 9.76. The first-order valence-corrected chi connectivity index (χ1v) is 6.41. The van der Waals surface area contributed by atoms with E-state index < -0.39 is 11.8 Å². The number of ether oxygens (including phenoxy) is 1. The summed E-state index contributed by atoms with van der Waals surface area (Å²) in [6.45, 7) is -0.267. The van der Waals surface area contributed by atoms with Gasteiger partial charge < -0.3 is 4.74 Å². The van der Waals surface area contributed by atoms with Gasteiger partial charge in [0.15, 0.2) is 6.61 Å². The standard InChI is InChI=1S/C14H12ClN3O3/c15-11-5-1-2-6-12(11)21-9-13(19)17-18-14(20)10-4-3-7-16-8-10/h1-8H,9H2,(H,17,19)(H,18,20). The lowest BCUT2D eigenvalue weighted by Crippen LogP contribution is -2.43. The van der Waals surface area contributed by atoms with Crippen LogP contribution < -0.4 is 15.6 Å². The van der Waals surface area contributed by atoms with Crippen LogP contribution >= 0.6 is 11.6 Å². The fourth-order valence-electron chi connectivity index (χ4n) is 1.44. The fourth-order valence-corrected chi connectivity index (χ4v) is 1.63. The number of nitrogens with zero attached hydrogens (tertiary/aromatic N) is 1. The number of nitrogens with one attached hydrogen (secondary N) is 2. The van der Waals surface area contributed by atoms with Gasteiger partial charge in [-0.15, -0.1) is 0 Å². The Morgan fingerprint density at radius 1 is 1.14 bits per heavy atom. The third-order valence-corrected chi connectivity index (χ3v) is 2.75. The molecule has 0 spiro atoms. The number of hydrogen-bond acceptors (Lipinski definition) is 4. The van der Waals surface area contributed by atoms with Crippen LogP contribution in [0.5, 0.6) is 5.75 Å². The maximum atomic E-state index is 11.6. The molecule has 0 aliphatic heterocycles. The summed E-state index contributed by atoms with van der Waals surface area (Å²) in [6, 6.07) is 9.99. The number of aromatic nitrogens is 1. The Hall–Kier alpha value is -2.60. The minimum atomic E-state index is -0.507. The predicted octanol–water partition coefficient (Wildman–Crippen LogP) is 1.57. The van der Waals surface area contributed by atoms with Crippen molar-refractivity contribution in [1.29, 1.82) is 0 Å². The van der Waals surface area contributed by atoms with Crippen LogP contribution in [-0.2, 0) is 4.79 Å². The first-order valence-electron chi connectivity index (χ1n) is 6.03. The number of hydrazine groups is 1. The zero-order valence-corrected chi connectivity index (χ0v) is 11.6. The zero-order chi connectivity index (χ0) is 15.1. The molecule has 7 heteroatoms. The Balaban J connectivity index is 1.78. The molecule has 108 valence electrons. The van der Waals surface area contributed by atoms with Crippen LogP contribution in [0.15, 0.2) is 48.8 Å². The first-order chi connectivity index (χ1) is 10.2. The highest BCUT2D eigenvalue weighted by Gasteiger charge is 2.08. The number of halogens is 1. The maximum absolute atomic E-state index is 11.6. The Morgan fingerprint density at radius 2 is 1.95 bits per heavy atom. The Morgan fingerprint density at radius 3 is 2.67 bits per heavy atom. The highest BCUT2D eigenvalue weighted by Crippen LogP contribution is 2.22. The molecule has 1 heterocycles. The third kappa shape index (κ3) is 4.47. The van der Waals surface area contributed by atoms with Gasteiger partial charge in [0, 0.05) is 12.4 Å². The summed E-state index contributed by atoms with van der Waals surface area (Å²) < 4.78 is 5.23. The van der Waals surface area contributed by atoms with Crippen LogP contribution in [-0.4, -0.2) is 23.4 Å². The van der Waals surface area contributed by atoms with Crippen molar-refractivity contribution in [2.45, 2.75) is 0 Å². The minimum Gasteiger partial charge on any atom is -0.482 e. The lowest BCUT2D eigenvalue weighted by Gasteiger charge is -2.09. The van der Waals surface area contributed by atoms with E-state index in [2.05, 4.69) is 15.8 Å². The van der Waals surface area contributed by atoms with E-state index in [4.69, 9.17) is 16.3 Å². The molecular weight excluding hydrogens is 294 g/mol. The molecule has 0 aliphatic rings. The Labute approximate surface area is 126 Å². The second-order valence-corrected chi connectivity index (χ2v) is 4.37. The van der Waals surface area contributed by atoms with Gasteiger partial charge in [-0.1, -0.05) is 23.7 Å². The average molecular weight is 306 g/mol. The number of benzene rings is 1. The van der Waals surface area contributed by atoms with Gasteiger partial charge in [0.2, 0.25) is 0 Å². The summed E-state index contributed by atoms with van der Waals surface area (Å²) in [4.78, 5) is 27.0. The van der Waals surface area contributed by atoms with Crippen molar-refractivity contribution >= 4 is 23.4 Å². The minimum absolute atomic E-state index is 0.267. The fraction of sp³-hybridized carbons (Fsp3) is 0.0714. The monoisotopic (exact) mass is 305 g/mol. The third-order valence-electron chi connectivity index (χ3n) is 2.43. The van der Waals surface area contributed by atoms with Crippen molar-refractivity contribution in [2.75, 3.05) is 6.61 Å². The largest absolute Gasteiger partial charge is 0.482 e. The van der Waals surface area contributed by atoms with Gasteiger partial charge in [0.05, 0.1) is 10.6 Å². The molecule has 6 nitrogen and oxygen atoms in total. The SMILES string of the molecule is O=C(COc1ccccc1Cl)NNC(=O)c1cccnc1. The van der Waals surface area contributed by atoms with Crippen molar-refractivity contribution in [3.8, 4) is 5.75 Å². The maximum Gasteiger partial charge on any atom is 0.276 e. The smallest absolute Gasteiger partial charge is 0.276 e. The van der Waals surface area contributed by atoms with Crippen LogP contribution in [0, 0.1) is 0 Å². The highest BCUT2D eigenvalue weighted by molar-refractivity contribution is 6.32. The lowest BCUT2D eigenvalue weighted by atomic mass is 10.3. The van der Waals surface area contributed by atoms with E-state index in [1.807, 2.05) is 0 Å². The average Bonchev–Trinajstić information content (AvgIpc) is 2.52. The molecule has 0 atom stereocenters. The predicted molar refractivity (Wildman–Crippen MR) is 76.8 cm³/mol. The molecule has 1 aromatic carbocycles. The summed E-state index contributed by atoms with van der Waals surface area (Å²) in [7, 11) is 0. The zero-order valence-electron chi connectivity index (χ0n) is 10.9. The lowest BCUT2D eigenvalue weighted by molar-refractivity contribution is -0.123. The number of carbonyl (C=O) groups excluding carboxylic acids is 2.